The molecular formula is C8H8Bi2Cl2Zr. The van der Waals surface area contributed by atoms with Gasteiger partial charge >= 0.3 is 98.3 Å². The first-order valence-corrected chi connectivity index (χ1v) is 27.0. The first-order chi connectivity index (χ1) is 5.45. The Morgan fingerprint density at radius 1 is 1.38 bits per heavy atom. The monoisotopic (exact) mass is 682 g/mol. The molecule has 0 aromatic carbocycles. The van der Waals surface area contributed by atoms with Crippen molar-refractivity contribution in [3.05, 3.63) is 31.4 Å². The Bertz CT molecular complexity index is 282. The fraction of sp³-hybridized carbons (Fsp3) is 0.125. The molecule has 1 aliphatic heterocycles. The molecule has 1 aliphatic carbocycles. The summed E-state index contributed by atoms with van der Waals surface area (Å²) in [5.41, 5.74) is 0. The number of hydrogen-bond donors (Lipinski definition) is 0. The predicted octanol–water partition coefficient (Wildman–Crippen LogP) is -5.37. The second-order valence-corrected chi connectivity index (χ2v) is 31.6. The van der Waals surface area contributed by atoms with Crippen LogP contribution >= 0.6 is 0 Å². The van der Waals surface area contributed by atoms with E-state index >= 15 is 0 Å². The first kappa shape index (κ1) is 15.3. The summed E-state index contributed by atoms with van der Waals surface area (Å²) in [4.78, 5) is 0. The molecule has 0 unspecified atom stereocenters. The third-order valence-electron chi connectivity index (χ3n) is 1.56. The third kappa shape index (κ3) is 5.26. The number of halogens is 2. The van der Waals surface area contributed by atoms with Gasteiger partial charge in [0.15, 0.2) is 0 Å². The average molecular weight is 684 g/mol. The van der Waals surface area contributed by atoms with Crippen molar-refractivity contribution in [2.24, 2.45) is 0 Å². The zero-order valence-electron chi connectivity index (χ0n) is 6.80. The Morgan fingerprint density at radius 3 is 2.77 bits per heavy atom. The molecule has 0 radical (unpaired) electrons. The van der Waals surface area contributed by atoms with E-state index in [0.717, 1.165) is 0 Å². The molecule has 0 N–H and O–H groups in total. The summed E-state index contributed by atoms with van der Waals surface area (Å²) in [6.45, 7) is 0. The zero-order valence-corrected chi connectivity index (χ0v) is 18.1. The van der Waals surface area contributed by atoms with E-state index in [1.807, 2.05) is 4.19 Å². The van der Waals surface area contributed by atoms with Crippen LogP contribution in [0.25, 0.3) is 0 Å². The number of allylic oxidation sites excluding steroid dienone is 5. The van der Waals surface area contributed by atoms with E-state index in [4.69, 9.17) is 0 Å². The standard InChI is InChI=1S/C5H5.C3H2.2Bi.2ClH.Zr.H/c1-2-4-5-3-1;1-3-2;;;;;;/h1-3H,4H2;1,3H;;;2*1H;;/q;;;;;;+2;/p-2. The molecule has 1 heterocycles. The van der Waals surface area contributed by atoms with Gasteiger partial charge in [0.2, 0.25) is 0 Å². The minimum atomic E-state index is -0.152. The molecule has 68 valence electrons. The Morgan fingerprint density at radius 2 is 2.23 bits per heavy atom. The number of rotatable bonds is 2. The van der Waals surface area contributed by atoms with Crippen LogP contribution in [-0.4, -0.2) is 37.3 Å². The van der Waals surface area contributed by atoms with Crippen LogP contribution in [0.2, 0.25) is 0 Å². The van der Waals surface area contributed by atoms with E-state index < -0.39 is 0 Å². The Hall–Kier alpha value is 2.32. The molecule has 2 rings (SSSR count). The van der Waals surface area contributed by atoms with Crippen molar-refractivity contribution in [1.29, 1.82) is 0 Å². The van der Waals surface area contributed by atoms with Gasteiger partial charge in [-0.1, -0.05) is 0 Å². The maximum Gasteiger partial charge on any atom is -1.00 e. The molecule has 0 bridgehead atoms. The van der Waals surface area contributed by atoms with Gasteiger partial charge in [0.05, 0.1) is 0 Å². The van der Waals surface area contributed by atoms with E-state index in [2.05, 4.69) is 28.1 Å². The molecule has 13 heavy (non-hydrogen) atoms. The topological polar surface area (TPSA) is 0 Å². The third-order valence-corrected chi connectivity index (χ3v) is 49.0. The molecule has 0 fully saturated rings. The Kier molecular flexibility index (Phi) is 9.98. The molecule has 0 saturated carbocycles. The van der Waals surface area contributed by atoms with E-state index in [1.54, 1.807) is 0 Å². The van der Waals surface area contributed by atoms with Crippen molar-refractivity contribution < 1.29 is 48.0 Å². The van der Waals surface area contributed by atoms with Crippen LogP contribution in [0.1, 0.15) is 6.42 Å². The van der Waals surface area contributed by atoms with Gasteiger partial charge in [-0.2, -0.15) is 0 Å². The quantitative estimate of drug-likeness (QED) is 0.256. The van der Waals surface area contributed by atoms with Crippen LogP contribution in [0.4, 0.5) is 0 Å². The van der Waals surface area contributed by atoms with Crippen molar-refractivity contribution >= 4 is 37.3 Å². The summed E-state index contributed by atoms with van der Waals surface area (Å²) in [7, 11) is 0. The smallest absolute Gasteiger partial charge is 1.00 e. The summed E-state index contributed by atoms with van der Waals surface area (Å²) in [6.07, 6.45) is 10.8. The molecule has 0 amide bonds. The fourth-order valence-electron chi connectivity index (χ4n) is 1.03. The largest absolute Gasteiger partial charge is 1.00 e. The van der Waals surface area contributed by atoms with Crippen LogP contribution in [0.15, 0.2) is 31.4 Å². The summed E-state index contributed by atoms with van der Waals surface area (Å²) in [5.74, 6) is 0. The van der Waals surface area contributed by atoms with Gasteiger partial charge in [-0.15, -0.1) is 0 Å². The maximum absolute atomic E-state index is 2.59. The van der Waals surface area contributed by atoms with Crippen molar-refractivity contribution in [1.82, 2.24) is 0 Å². The molecule has 0 aromatic heterocycles. The van der Waals surface area contributed by atoms with Gasteiger partial charge in [0.1, 0.15) is 0 Å². The predicted molar refractivity (Wildman–Crippen MR) is 48.9 cm³/mol. The molecular weight excluding hydrogens is 676 g/mol. The van der Waals surface area contributed by atoms with Crippen LogP contribution in [0.5, 0.6) is 0 Å². The van der Waals surface area contributed by atoms with Crippen LogP contribution in [-0.2, 0) is 23.2 Å². The van der Waals surface area contributed by atoms with Crippen molar-refractivity contribution in [2.75, 3.05) is 0 Å². The zero-order chi connectivity index (χ0) is 7.52. The Labute approximate surface area is 121 Å². The van der Waals surface area contributed by atoms with Gasteiger partial charge in [-0.3, -0.25) is 0 Å². The van der Waals surface area contributed by atoms with E-state index in [0.29, 0.717) is 0 Å². The maximum atomic E-state index is 2.59. The molecule has 2 aliphatic rings. The molecule has 0 nitrogen and oxygen atoms in total. The van der Waals surface area contributed by atoms with Crippen molar-refractivity contribution in [2.45, 2.75) is 6.42 Å². The van der Waals surface area contributed by atoms with E-state index in [9.17, 15) is 0 Å². The van der Waals surface area contributed by atoms with Gasteiger partial charge < -0.3 is 24.8 Å². The molecule has 0 spiro atoms. The second kappa shape index (κ2) is 8.47. The van der Waals surface area contributed by atoms with Gasteiger partial charge in [0.25, 0.3) is 0 Å². The van der Waals surface area contributed by atoms with Crippen molar-refractivity contribution in [3.8, 4) is 0 Å². The molecule has 0 aromatic rings. The minimum absolute atomic E-state index is 0. The molecule has 0 atom stereocenters. The average Bonchev–Trinajstić information content (AvgIpc) is 2.60. The number of hydrogen-bond acceptors (Lipinski definition) is 0. The van der Waals surface area contributed by atoms with Crippen LogP contribution in [0.3, 0.4) is 0 Å². The SMILES string of the molecule is C1=CC[C]([Zr+2][C]2=[Bi][BiH][CH]=C2)=C1.[Cl-].[Cl-]. The van der Waals surface area contributed by atoms with Gasteiger partial charge in [0, 0.05) is 0 Å². The second-order valence-electron chi connectivity index (χ2n) is 2.41. The van der Waals surface area contributed by atoms with Crippen LogP contribution in [0, 0.1) is 0 Å². The summed E-state index contributed by atoms with van der Waals surface area (Å²) < 4.78 is 6.46. The minimum Gasteiger partial charge on any atom is -1.00 e. The van der Waals surface area contributed by atoms with E-state index in [1.165, 1.54) is 6.42 Å². The molecule has 0 saturated heterocycles. The van der Waals surface area contributed by atoms with Crippen LogP contribution < -0.4 is 24.8 Å². The van der Waals surface area contributed by atoms with E-state index in [-0.39, 0.29) is 84.5 Å². The fourth-order valence-corrected chi connectivity index (χ4v) is 50.0. The summed E-state index contributed by atoms with van der Waals surface area (Å²) in [5, 5.41) is 0. The summed E-state index contributed by atoms with van der Waals surface area (Å²) in [6, 6.07) is 0. The molecule has 5 heteroatoms. The van der Waals surface area contributed by atoms with Gasteiger partial charge in [-0.05, 0) is 0 Å². The normalized spacial score (nSPS) is 16.9. The van der Waals surface area contributed by atoms with Gasteiger partial charge in [-0.25, -0.2) is 0 Å². The summed E-state index contributed by atoms with van der Waals surface area (Å²) >= 11 is -0.0708. The van der Waals surface area contributed by atoms with Crippen molar-refractivity contribution in [3.63, 3.8) is 0 Å². The first-order valence-electron chi connectivity index (χ1n) is 3.58. The Balaban J connectivity index is 0.000000720.